The Morgan fingerprint density at radius 3 is 2.61 bits per heavy atom. The zero-order chi connectivity index (χ0) is 17.0. The van der Waals surface area contributed by atoms with E-state index in [1.54, 1.807) is 25.1 Å². The normalized spacial score (nSPS) is 12.8. The highest BCUT2D eigenvalue weighted by molar-refractivity contribution is 7.89. The molecule has 0 amide bonds. The molecule has 0 aliphatic rings. The Hall–Kier alpha value is -1.70. The SMILES string of the molecule is COC(=O)CC(NS(=O)(=O)c1ccc(C)cc1C)c1cccs1. The Morgan fingerprint density at radius 1 is 1.30 bits per heavy atom. The van der Waals surface area contributed by atoms with Crippen molar-refractivity contribution in [1.29, 1.82) is 0 Å². The summed E-state index contributed by atoms with van der Waals surface area (Å²) in [5, 5.41) is 1.84. The second-order valence-corrected chi connectivity index (χ2v) is 7.90. The van der Waals surface area contributed by atoms with Crippen molar-refractivity contribution in [3.05, 3.63) is 51.7 Å². The number of rotatable bonds is 6. The lowest BCUT2D eigenvalue weighted by molar-refractivity contribution is -0.141. The molecule has 0 saturated heterocycles. The van der Waals surface area contributed by atoms with Crippen molar-refractivity contribution >= 4 is 27.3 Å². The van der Waals surface area contributed by atoms with E-state index in [0.717, 1.165) is 10.4 Å². The molecule has 2 rings (SSSR count). The molecule has 0 radical (unpaired) electrons. The molecule has 0 aliphatic heterocycles. The molecule has 1 unspecified atom stereocenters. The Bertz CT molecular complexity index is 782. The number of sulfonamides is 1. The fourth-order valence-corrected chi connectivity index (χ4v) is 4.59. The number of hydrogen-bond donors (Lipinski definition) is 1. The number of aryl methyl sites for hydroxylation is 2. The molecule has 0 fully saturated rings. The lowest BCUT2D eigenvalue weighted by Gasteiger charge is -2.17. The molecule has 5 nitrogen and oxygen atoms in total. The molecule has 7 heteroatoms. The van der Waals surface area contributed by atoms with E-state index >= 15 is 0 Å². The number of ether oxygens (including phenoxy) is 1. The van der Waals surface area contributed by atoms with Gasteiger partial charge in [-0.15, -0.1) is 11.3 Å². The van der Waals surface area contributed by atoms with Crippen molar-refractivity contribution in [1.82, 2.24) is 4.72 Å². The first-order valence-corrected chi connectivity index (χ1v) is 9.39. The minimum absolute atomic E-state index is 0.0544. The summed E-state index contributed by atoms with van der Waals surface area (Å²) in [7, 11) is -2.45. The fraction of sp³-hybridized carbons (Fsp3) is 0.312. The van der Waals surface area contributed by atoms with E-state index < -0.39 is 22.0 Å². The molecular weight excluding hydrogens is 334 g/mol. The van der Waals surface area contributed by atoms with Crippen LogP contribution in [0, 0.1) is 13.8 Å². The molecule has 1 heterocycles. The maximum atomic E-state index is 12.7. The van der Waals surface area contributed by atoms with Gasteiger partial charge in [0, 0.05) is 4.88 Å². The van der Waals surface area contributed by atoms with Gasteiger partial charge in [-0.1, -0.05) is 23.8 Å². The summed E-state index contributed by atoms with van der Waals surface area (Å²) in [5.74, 6) is -0.466. The first-order chi connectivity index (χ1) is 10.8. The second-order valence-electron chi connectivity index (χ2n) is 5.24. The van der Waals surface area contributed by atoms with Gasteiger partial charge in [0.1, 0.15) is 0 Å². The number of carbonyl (C=O) groups excluding carboxylic acids is 1. The van der Waals surface area contributed by atoms with Crippen LogP contribution in [0.5, 0.6) is 0 Å². The Kier molecular flexibility index (Phi) is 5.56. The van der Waals surface area contributed by atoms with Crippen LogP contribution >= 0.6 is 11.3 Å². The predicted molar refractivity (Wildman–Crippen MR) is 89.9 cm³/mol. The summed E-state index contributed by atoms with van der Waals surface area (Å²) in [6, 6.07) is 8.11. The standard InChI is InChI=1S/C16H19NO4S2/c1-11-6-7-15(12(2)9-11)23(19,20)17-13(10-16(18)21-3)14-5-4-8-22-14/h4-9,13,17H,10H2,1-3H3. The van der Waals surface area contributed by atoms with Crippen LogP contribution in [0.4, 0.5) is 0 Å². The molecular formula is C16H19NO4S2. The average Bonchev–Trinajstić information content (AvgIpc) is 2.99. The van der Waals surface area contributed by atoms with Crippen LogP contribution in [0.1, 0.15) is 28.5 Å². The third-order valence-corrected chi connectivity index (χ3v) is 6.02. The Balaban J connectivity index is 2.32. The predicted octanol–water partition coefficient (Wildman–Crippen LogP) is 2.95. The van der Waals surface area contributed by atoms with E-state index in [0.29, 0.717) is 5.56 Å². The van der Waals surface area contributed by atoms with Gasteiger partial charge < -0.3 is 4.74 Å². The third-order valence-electron chi connectivity index (χ3n) is 3.40. The number of esters is 1. The van der Waals surface area contributed by atoms with Crippen LogP contribution in [-0.2, 0) is 19.6 Å². The van der Waals surface area contributed by atoms with E-state index in [2.05, 4.69) is 9.46 Å². The third kappa shape index (κ3) is 4.40. The number of methoxy groups -OCH3 is 1. The first-order valence-electron chi connectivity index (χ1n) is 7.03. The van der Waals surface area contributed by atoms with Gasteiger partial charge in [0.05, 0.1) is 24.5 Å². The summed E-state index contributed by atoms with van der Waals surface area (Å²) >= 11 is 1.39. The van der Waals surface area contributed by atoms with Crippen molar-refractivity contribution in [2.24, 2.45) is 0 Å². The molecule has 0 spiro atoms. The minimum atomic E-state index is -3.74. The van der Waals surface area contributed by atoms with Gasteiger partial charge in [0.25, 0.3) is 0 Å². The number of benzene rings is 1. The van der Waals surface area contributed by atoms with Crippen molar-refractivity contribution in [2.75, 3.05) is 7.11 Å². The van der Waals surface area contributed by atoms with Crippen LogP contribution in [-0.4, -0.2) is 21.5 Å². The summed E-state index contributed by atoms with van der Waals surface area (Å²) in [5.41, 5.74) is 1.66. The maximum absolute atomic E-state index is 12.7. The Morgan fingerprint density at radius 2 is 2.04 bits per heavy atom. The molecule has 0 aliphatic carbocycles. The summed E-state index contributed by atoms with van der Waals surface area (Å²) < 4.78 is 32.7. The van der Waals surface area contributed by atoms with Crippen molar-refractivity contribution in [2.45, 2.75) is 31.2 Å². The fourth-order valence-electron chi connectivity index (χ4n) is 2.29. The van der Waals surface area contributed by atoms with Crippen LogP contribution in [0.25, 0.3) is 0 Å². The quantitative estimate of drug-likeness (QED) is 0.811. The highest BCUT2D eigenvalue weighted by Gasteiger charge is 2.25. The highest BCUT2D eigenvalue weighted by atomic mass is 32.2. The van der Waals surface area contributed by atoms with E-state index in [1.165, 1.54) is 18.4 Å². The smallest absolute Gasteiger partial charge is 0.307 e. The maximum Gasteiger partial charge on any atom is 0.307 e. The zero-order valence-corrected chi connectivity index (χ0v) is 14.8. The monoisotopic (exact) mass is 353 g/mol. The highest BCUT2D eigenvalue weighted by Crippen LogP contribution is 2.26. The van der Waals surface area contributed by atoms with Gasteiger partial charge in [-0.2, -0.15) is 0 Å². The second kappa shape index (κ2) is 7.25. The minimum Gasteiger partial charge on any atom is -0.469 e. The summed E-state index contributed by atoms with van der Waals surface area (Å²) in [6.07, 6.45) is -0.0544. The molecule has 23 heavy (non-hydrogen) atoms. The van der Waals surface area contributed by atoms with E-state index in [4.69, 9.17) is 0 Å². The Labute approximate surface area is 140 Å². The van der Waals surface area contributed by atoms with Gasteiger partial charge in [0.2, 0.25) is 10.0 Å². The molecule has 0 saturated carbocycles. The van der Waals surface area contributed by atoms with Crippen LogP contribution in [0.3, 0.4) is 0 Å². The van der Waals surface area contributed by atoms with Crippen LogP contribution in [0.2, 0.25) is 0 Å². The van der Waals surface area contributed by atoms with Crippen molar-refractivity contribution < 1.29 is 17.9 Å². The van der Waals surface area contributed by atoms with E-state index in [-0.39, 0.29) is 11.3 Å². The zero-order valence-electron chi connectivity index (χ0n) is 13.2. The molecule has 124 valence electrons. The van der Waals surface area contributed by atoms with Gasteiger partial charge >= 0.3 is 5.97 Å². The topological polar surface area (TPSA) is 72.5 Å². The van der Waals surface area contributed by atoms with E-state index in [1.807, 2.05) is 24.4 Å². The van der Waals surface area contributed by atoms with Gasteiger partial charge in [-0.3, -0.25) is 4.79 Å². The molecule has 1 aromatic heterocycles. The number of thiophene rings is 1. The molecule has 1 aromatic carbocycles. The van der Waals surface area contributed by atoms with Crippen molar-refractivity contribution in [3.63, 3.8) is 0 Å². The summed E-state index contributed by atoms with van der Waals surface area (Å²) in [4.78, 5) is 12.6. The van der Waals surface area contributed by atoms with Gasteiger partial charge in [-0.05, 0) is 36.9 Å². The van der Waals surface area contributed by atoms with Gasteiger partial charge in [0.15, 0.2) is 0 Å². The largest absolute Gasteiger partial charge is 0.469 e. The molecule has 1 N–H and O–H groups in total. The van der Waals surface area contributed by atoms with E-state index in [9.17, 15) is 13.2 Å². The number of carbonyl (C=O) groups is 1. The summed E-state index contributed by atoms with van der Waals surface area (Å²) in [6.45, 7) is 3.66. The lowest BCUT2D eigenvalue weighted by Crippen LogP contribution is -2.30. The first kappa shape index (κ1) is 17.7. The van der Waals surface area contributed by atoms with Crippen LogP contribution in [0.15, 0.2) is 40.6 Å². The molecule has 1 atom stereocenters. The number of hydrogen-bond acceptors (Lipinski definition) is 5. The lowest BCUT2D eigenvalue weighted by atomic mass is 10.2. The molecule has 2 aromatic rings. The number of nitrogens with one attached hydrogen (secondary N) is 1. The van der Waals surface area contributed by atoms with Gasteiger partial charge in [-0.25, -0.2) is 13.1 Å². The van der Waals surface area contributed by atoms with Crippen LogP contribution < -0.4 is 4.72 Å². The molecule has 0 bridgehead atoms. The van der Waals surface area contributed by atoms with Crippen molar-refractivity contribution in [3.8, 4) is 0 Å². The average molecular weight is 353 g/mol.